The van der Waals surface area contributed by atoms with Gasteiger partial charge in [0.05, 0.1) is 19.0 Å². The predicted molar refractivity (Wildman–Crippen MR) is 109 cm³/mol. The van der Waals surface area contributed by atoms with Gasteiger partial charge < -0.3 is 19.9 Å². The molecule has 7 heteroatoms. The highest BCUT2D eigenvalue weighted by molar-refractivity contribution is 8.23. The van der Waals surface area contributed by atoms with Crippen molar-refractivity contribution in [3.8, 4) is 0 Å². The van der Waals surface area contributed by atoms with Gasteiger partial charge in [0.15, 0.2) is 0 Å². The van der Waals surface area contributed by atoms with Gasteiger partial charge in [0.2, 0.25) is 5.91 Å². The number of rotatable bonds is 6. The summed E-state index contributed by atoms with van der Waals surface area (Å²) in [5.74, 6) is 0.441. The molecule has 3 rings (SSSR count). The van der Waals surface area contributed by atoms with Gasteiger partial charge >= 0.3 is 0 Å². The fourth-order valence-corrected chi connectivity index (χ4v) is 4.45. The highest BCUT2D eigenvalue weighted by Gasteiger charge is 2.17. The summed E-state index contributed by atoms with van der Waals surface area (Å²) in [6.45, 7) is 7.40. The van der Waals surface area contributed by atoms with Crippen LogP contribution in [0.3, 0.4) is 0 Å². The van der Waals surface area contributed by atoms with Crippen LogP contribution in [0.4, 0.5) is 0 Å². The molecular weight excluding hydrogens is 366 g/mol. The van der Waals surface area contributed by atoms with E-state index in [1.807, 2.05) is 6.07 Å². The molecule has 142 valence electrons. The summed E-state index contributed by atoms with van der Waals surface area (Å²) in [7, 11) is 0. The van der Waals surface area contributed by atoms with Crippen LogP contribution in [0.15, 0.2) is 24.3 Å². The minimum absolute atomic E-state index is 0.0464. The Balaban J connectivity index is 1.44. The van der Waals surface area contributed by atoms with Crippen molar-refractivity contribution in [3.63, 3.8) is 0 Å². The van der Waals surface area contributed by atoms with E-state index in [9.17, 15) is 4.79 Å². The molecule has 0 unspecified atom stereocenters. The van der Waals surface area contributed by atoms with E-state index in [4.69, 9.17) is 17.0 Å². The second kappa shape index (κ2) is 10.3. The summed E-state index contributed by atoms with van der Waals surface area (Å²) >= 11 is 6.89. The molecule has 0 aliphatic carbocycles. The number of benzene rings is 1. The molecule has 2 fully saturated rings. The molecule has 0 bridgehead atoms. The van der Waals surface area contributed by atoms with Crippen LogP contribution in [0.1, 0.15) is 24.0 Å². The molecule has 0 atom stereocenters. The lowest BCUT2D eigenvalue weighted by molar-refractivity contribution is -0.921. The average molecular weight is 395 g/mol. The standard InChI is InChI=1S/C19H27N3O2S2/c23-18(15-26-19(25)22-7-3-4-8-22)20-13-16-5-1-2-6-17(16)14-21-9-11-24-12-10-21/h1-2,5-6H,3-4,7-15H2,(H,20,23)/p+1. The van der Waals surface area contributed by atoms with Crippen LogP contribution >= 0.6 is 24.0 Å². The van der Waals surface area contributed by atoms with Crippen molar-refractivity contribution < 1.29 is 14.4 Å². The van der Waals surface area contributed by atoms with Crippen molar-refractivity contribution in [1.82, 2.24) is 10.2 Å². The Kier molecular flexibility index (Phi) is 7.73. The normalized spacial score (nSPS) is 18.1. The van der Waals surface area contributed by atoms with Crippen molar-refractivity contribution >= 4 is 34.2 Å². The number of hydrogen-bond donors (Lipinski definition) is 2. The number of morpholine rings is 1. The van der Waals surface area contributed by atoms with Gasteiger partial charge in [-0.25, -0.2) is 0 Å². The van der Waals surface area contributed by atoms with Crippen molar-refractivity contribution in [1.29, 1.82) is 0 Å². The topological polar surface area (TPSA) is 46.0 Å². The van der Waals surface area contributed by atoms with E-state index < -0.39 is 0 Å². The second-order valence-corrected chi connectivity index (χ2v) is 8.44. The van der Waals surface area contributed by atoms with Crippen LogP contribution in [-0.2, 0) is 22.6 Å². The van der Waals surface area contributed by atoms with Gasteiger partial charge in [0, 0.05) is 25.2 Å². The third kappa shape index (κ3) is 5.94. The number of quaternary nitrogens is 1. The number of carbonyl (C=O) groups excluding carboxylic acids is 1. The summed E-state index contributed by atoms with van der Waals surface area (Å²) in [6, 6.07) is 8.39. The van der Waals surface area contributed by atoms with Gasteiger partial charge in [0.25, 0.3) is 0 Å². The first-order chi connectivity index (χ1) is 12.7. The maximum Gasteiger partial charge on any atom is 0.230 e. The van der Waals surface area contributed by atoms with Crippen molar-refractivity contribution in [2.24, 2.45) is 0 Å². The van der Waals surface area contributed by atoms with Crippen LogP contribution in [0.25, 0.3) is 0 Å². The third-order valence-electron chi connectivity index (χ3n) is 4.93. The van der Waals surface area contributed by atoms with Crippen molar-refractivity contribution in [2.45, 2.75) is 25.9 Å². The van der Waals surface area contributed by atoms with E-state index in [-0.39, 0.29) is 5.91 Å². The first-order valence-electron chi connectivity index (χ1n) is 9.39. The number of amides is 1. The number of likely N-dealkylation sites (tertiary alicyclic amines) is 1. The molecule has 2 heterocycles. The minimum Gasteiger partial charge on any atom is -0.370 e. The molecule has 5 nitrogen and oxygen atoms in total. The number of hydrogen-bond acceptors (Lipinski definition) is 4. The molecule has 2 saturated heterocycles. The maximum absolute atomic E-state index is 12.2. The molecule has 2 aliphatic rings. The Morgan fingerprint density at radius 2 is 1.88 bits per heavy atom. The summed E-state index contributed by atoms with van der Waals surface area (Å²) in [5.41, 5.74) is 2.51. The first kappa shape index (κ1) is 19.6. The maximum atomic E-state index is 12.2. The van der Waals surface area contributed by atoms with E-state index >= 15 is 0 Å². The summed E-state index contributed by atoms with van der Waals surface area (Å²) < 4.78 is 6.29. The molecule has 0 radical (unpaired) electrons. The second-order valence-electron chi connectivity index (χ2n) is 6.83. The van der Waals surface area contributed by atoms with Crippen LogP contribution in [0.2, 0.25) is 0 Å². The Morgan fingerprint density at radius 3 is 2.62 bits per heavy atom. The molecule has 0 spiro atoms. The van der Waals surface area contributed by atoms with E-state index in [1.165, 1.54) is 35.7 Å². The Hall–Kier alpha value is -1.15. The Labute approximate surface area is 165 Å². The van der Waals surface area contributed by atoms with Gasteiger partial charge in [-0.1, -0.05) is 48.2 Å². The lowest BCUT2D eigenvalue weighted by Gasteiger charge is -2.24. The van der Waals surface area contributed by atoms with Crippen molar-refractivity contribution in [2.75, 3.05) is 45.1 Å². The molecule has 26 heavy (non-hydrogen) atoms. The molecule has 0 aromatic heterocycles. The number of thioether (sulfide) groups is 1. The molecular formula is C19H28N3O2S2+. The minimum atomic E-state index is 0.0464. The SMILES string of the molecule is O=C(CSC(=S)N1CCCC1)NCc1ccccc1C[NH+]1CCOCC1. The highest BCUT2D eigenvalue weighted by Crippen LogP contribution is 2.16. The largest absolute Gasteiger partial charge is 0.370 e. The predicted octanol–water partition coefficient (Wildman–Crippen LogP) is 0.832. The fraction of sp³-hybridized carbons (Fsp3) is 0.579. The number of nitrogens with one attached hydrogen (secondary N) is 2. The zero-order valence-corrected chi connectivity index (χ0v) is 16.8. The van der Waals surface area contributed by atoms with Crippen LogP contribution < -0.4 is 10.2 Å². The zero-order valence-electron chi connectivity index (χ0n) is 15.2. The number of thiocarbonyl (C=S) groups is 1. The fourth-order valence-electron chi connectivity index (χ4n) is 3.37. The molecule has 0 saturated carbocycles. The van der Waals surface area contributed by atoms with Gasteiger partial charge in [0.1, 0.15) is 24.0 Å². The quantitative estimate of drug-likeness (QED) is 0.700. The van der Waals surface area contributed by atoms with Crippen LogP contribution in [-0.4, -0.2) is 60.3 Å². The average Bonchev–Trinajstić information content (AvgIpc) is 3.21. The Morgan fingerprint density at radius 1 is 1.19 bits per heavy atom. The third-order valence-corrected chi connectivity index (χ3v) is 6.45. The number of carbonyl (C=O) groups is 1. The van der Waals surface area contributed by atoms with Crippen molar-refractivity contribution in [3.05, 3.63) is 35.4 Å². The van der Waals surface area contributed by atoms with Gasteiger partial charge in [-0.05, 0) is 18.4 Å². The van der Waals surface area contributed by atoms with E-state index in [1.54, 1.807) is 4.90 Å². The number of nitrogens with zero attached hydrogens (tertiary/aromatic N) is 1. The molecule has 1 aromatic rings. The van der Waals surface area contributed by atoms with Crippen LogP contribution in [0, 0.1) is 0 Å². The van der Waals surface area contributed by atoms with E-state index in [2.05, 4.69) is 28.4 Å². The lowest BCUT2D eigenvalue weighted by atomic mass is 10.1. The summed E-state index contributed by atoms with van der Waals surface area (Å²) in [6.07, 6.45) is 2.41. The smallest absolute Gasteiger partial charge is 0.230 e. The molecule has 1 aromatic carbocycles. The lowest BCUT2D eigenvalue weighted by Crippen LogP contribution is -3.12. The first-order valence-corrected chi connectivity index (χ1v) is 10.8. The van der Waals surface area contributed by atoms with Gasteiger partial charge in [-0.3, -0.25) is 4.79 Å². The summed E-state index contributed by atoms with van der Waals surface area (Å²) in [5, 5.41) is 3.05. The zero-order chi connectivity index (χ0) is 18.2. The molecule has 2 aliphatic heterocycles. The molecule has 2 N–H and O–H groups in total. The van der Waals surface area contributed by atoms with E-state index in [0.717, 1.165) is 50.3 Å². The molecule has 1 amide bonds. The monoisotopic (exact) mass is 394 g/mol. The van der Waals surface area contributed by atoms with Gasteiger partial charge in [-0.2, -0.15) is 0 Å². The number of ether oxygens (including phenoxy) is 1. The van der Waals surface area contributed by atoms with E-state index in [0.29, 0.717) is 12.3 Å². The van der Waals surface area contributed by atoms with Gasteiger partial charge in [-0.15, -0.1) is 0 Å². The highest BCUT2D eigenvalue weighted by atomic mass is 32.2. The Bertz CT molecular complexity index is 615. The summed E-state index contributed by atoms with van der Waals surface area (Å²) in [4.78, 5) is 16.0. The van der Waals surface area contributed by atoms with Crippen LogP contribution in [0.5, 0.6) is 0 Å².